The lowest BCUT2D eigenvalue weighted by atomic mass is 10.00. The highest BCUT2D eigenvalue weighted by Gasteiger charge is 2.04. The molecule has 0 N–H and O–H groups in total. The standard InChI is InChI=1S/C17H15NO2/c1-2-20-17(19)18-13-16(14-9-5-3-6-10-14)15-11-7-4-8-12-15/h3-12H,2H2,1H3. The summed E-state index contributed by atoms with van der Waals surface area (Å²) in [6.07, 6.45) is -0.628. The maximum Gasteiger partial charge on any atom is 0.441 e. The highest BCUT2D eigenvalue weighted by atomic mass is 16.5. The summed E-state index contributed by atoms with van der Waals surface area (Å²) < 4.78 is 4.78. The van der Waals surface area contributed by atoms with Crippen molar-refractivity contribution in [3.63, 3.8) is 0 Å². The van der Waals surface area contributed by atoms with Crippen LogP contribution >= 0.6 is 0 Å². The van der Waals surface area contributed by atoms with E-state index in [1.54, 1.807) is 6.92 Å². The van der Waals surface area contributed by atoms with Gasteiger partial charge in [0.15, 0.2) is 0 Å². The lowest BCUT2D eigenvalue weighted by Gasteiger charge is -2.04. The first-order valence-electron chi connectivity index (χ1n) is 6.42. The number of hydrogen-bond donors (Lipinski definition) is 0. The van der Waals surface area contributed by atoms with Crippen LogP contribution in [0.5, 0.6) is 0 Å². The first-order valence-corrected chi connectivity index (χ1v) is 6.42. The second-order valence-corrected chi connectivity index (χ2v) is 4.03. The third-order valence-corrected chi connectivity index (χ3v) is 2.65. The molecular weight excluding hydrogens is 250 g/mol. The van der Waals surface area contributed by atoms with E-state index >= 15 is 0 Å². The predicted molar refractivity (Wildman–Crippen MR) is 79.9 cm³/mol. The van der Waals surface area contributed by atoms with Gasteiger partial charge in [-0.15, -0.1) is 4.99 Å². The molecule has 0 aliphatic rings. The van der Waals surface area contributed by atoms with Crippen LogP contribution in [0.1, 0.15) is 18.1 Å². The summed E-state index contributed by atoms with van der Waals surface area (Å²) in [4.78, 5) is 15.1. The van der Waals surface area contributed by atoms with E-state index in [-0.39, 0.29) is 0 Å². The number of amides is 1. The molecule has 100 valence electrons. The molecule has 0 heterocycles. The monoisotopic (exact) mass is 265 g/mol. The SMILES string of the molecule is CCOC(=O)N=C=C(c1ccccc1)c1ccccc1. The highest BCUT2D eigenvalue weighted by molar-refractivity contribution is 6.01. The summed E-state index contributed by atoms with van der Waals surface area (Å²) in [7, 11) is 0. The number of aliphatic imine (C=N–C) groups is 1. The van der Waals surface area contributed by atoms with Gasteiger partial charge < -0.3 is 4.74 Å². The van der Waals surface area contributed by atoms with Crippen LogP contribution in [0.15, 0.2) is 65.7 Å². The Kier molecular flexibility index (Phi) is 4.87. The number of nitrogens with zero attached hydrogens (tertiary/aromatic N) is 1. The van der Waals surface area contributed by atoms with E-state index in [0.717, 1.165) is 16.7 Å². The Bertz CT molecular complexity index is 585. The summed E-state index contributed by atoms with van der Waals surface area (Å²) in [5.41, 5.74) is 2.66. The van der Waals surface area contributed by atoms with Gasteiger partial charge in [-0.2, -0.15) is 0 Å². The summed E-state index contributed by atoms with van der Waals surface area (Å²) in [5, 5.41) is 0. The fourth-order valence-corrected chi connectivity index (χ4v) is 1.76. The topological polar surface area (TPSA) is 38.7 Å². The quantitative estimate of drug-likeness (QED) is 0.788. The molecule has 0 radical (unpaired) electrons. The number of carbonyl (C=O) groups excluding carboxylic acids is 1. The molecule has 0 atom stereocenters. The smallest absolute Gasteiger partial charge is 0.441 e. The molecule has 0 aromatic heterocycles. The Hall–Kier alpha value is -2.64. The largest absolute Gasteiger partial charge is 0.448 e. The second-order valence-electron chi connectivity index (χ2n) is 4.03. The molecule has 0 saturated heterocycles. The van der Waals surface area contributed by atoms with E-state index in [0.29, 0.717) is 6.61 Å². The number of carbonyl (C=O) groups is 1. The van der Waals surface area contributed by atoms with Gasteiger partial charge in [-0.05, 0) is 18.1 Å². The van der Waals surface area contributed by atoms with Gasteiger partial charge in [0, 0.05) is 5.87 Å². The van der Waals surface area contributed by atoms with E-state index in [1.165, 1.54) is 0 Å². The number of ether oxygens (including phenoxy) is 1. The Labute approximate surface area is 118 Å². The van der Waals surface area contributed by atoms with Crippen LogP contribution in [0.4, 0.5) is 4.79 Å². The van der Waals surface area contributed by atoms with Crippen molar-refractivity contribution in [3.05, 3.63) is 71.8 Å². The fourth-order valence-electron chi connectivity index (χ4n) is 1.76. The minimum absolute atomic E-state index is 0.302. The Morgan fingerprint density at radius 3 is 1.95 bits per heavy atom. The van der Waals surface area contributed by atoms with Crippen molar-refractivity contribution in [2.24, 2.45) is 4.99 Å². The third kappa shape index (κ3) is 3.67. The zero-order valence-corrected chi connectivity index (χ0v) is 11.2. The van der Waals surface area contributed by atoms with Crippen LogP contribution in [0.25, 0.3) is 5.57 Å². The second kappa shape index (κ2) is 7.07. The van der Waals surface area contributed by atoms with Gasteiger partial charge >= 0.3 is 6.09 Å². The van der Waals surface area contributed by atoms with Crippen molar-refractivity contribution in [1.29, 1.82) is 0 Å². The van der Waals surface area contributed by atoms with Crippen molar-refractivity contribution >= 4 is 17.5 Å². The van der Waals surface area contributed by atoms with Crippen LogP contribution in [0, 0.1) is 0 Å². The molecule has 0 aliphatic carbocycles. The van der Waals surface area contributed by atoms with Crippen LogP contribution in [-0.4, -0.2) is 18.6 Å². The number of rotatable bonds is 3. The predicted octanol–water partition coefficient (Wildman–Crippen LogP) is 3.94. The van der Waals surface area contributed by atoms with Crippen molar-refractivity contribution in [2.45, 2.75) is 6.92 Å². The summed E-state index contributed by atoms with van der Waals surface area (Å²) in [6, 6.07) is 19.4. The average molecular weight is 265 g/mol. The van der Waals surface area contributed by atoms with Crippen LogP contribution in [0.3, 0.4) is 0 Å². The van der Waals surface area contributed by atoms with E-state index < -0.39 is 6.09 Å². The molecule has 0 bridgehead atoms. The van der Waals surface area contributed by atoms with E-state index in [1.807, 2.05) is 60.7 Å². The normalized spacial score (nSPS) is 9.45. The van der Waals surface area contributed by atoms with Crippen molar-refractivity contribution in [2.75, 3.05) is 6.61 Å². The minimum atomic E-state index is -0.628. The molecular formula is C17H15NO2. The molecule has 0 spiro atoms. The summed E-state index contributed by atoms with van der Waals surface area (Å²) in [5.74, 6) is 2.80. The Morgan fingerprint density at radius 1 is 1.00 bits per heavy atom. The van der Waals surface area contributed by atoms with Gasteiger partial charge in [0.1, 0.15) is 0 Å². The molecule has 2 aromatic carbocycles. The molecule has 3 heteroatoms. The van der Waals surface area contributed by atoms with Gasteiger partial charge in [0.05, 0.1) is 12.2 Å². The third-order valence-electron chi connectivity index (χ3n) is 2.65. The summed E-state index contributed by atoms with van der Waals surface area (Å²) >= 11 is 0. The molecule has 2 rings (SSSR count). The zero-order chi connectivity index (χ0) is 14.2. The maximum absolute atomic E-state index is 11.3. The molecule has 2 aromatic rings. The molecule has 3 nitrogen and oxygen atoms in total. The number of benzene rings is 2. The van der Waals surface area contributed by atoms with Crippen LogP contribution < -0.4 is 0 Å². The van der Waals surface area contributed by atoms with Gasteiger partial charge in [-0.1, -0.05) is 60.7 Å². The lowest BCUT2D eigenvalue weighted by Crippen LogP contribution is -1.97. The molecule has 20 heavy (non-hydrogen) atoms. The molecule has 0 unspecified atom stereocenters. The Balaban J connectivity index is 2.46. The van der Waals surface area contributed by atoms with Crippen LogP contribution in [-0.2, 0) is 4.74 Å². The molecule has 1 amide bonds. The van der Waals surface area contributed by atoms with E-state index in [2.05, 4.69) is 10.9 Å². The van der Waals surface area contributed by atoms with Gasteiger partial charge in [0.2, 0.25) is 0 Å². The first kappa shape index (κ1) is 13.8. The number of hydrogen-bond acceptors (Lipinski definition) is 2. The van der Waals surface area contributed by atoms with Gasteiger partial charge in [0.25, 0.3) is 0 Å². The van der Waals surface area contributed by atoms with Gasteiger partial charge in [-0.25, -0.2) is 4.79 Å². The lowest BCUT2D eigenvalue weighted by molar-refractivity contribution is 0.164. The first-order chi connectivity index (χ1) is 9.81. The van der Waals surface area contributed by atoms with Crippen molar-refractivity contribution in [1.82, 2.24) is 0 Å². The average Bonchev–Trinajstić information content (AvgIpc) is 2.50. The van der Waals surface area contributed by atoms with E-state index in [4.69, 9.17) is 4.74 Å². The Morgan fingerprint density at radius 2 is 1.50 bits per heavy atom. The highest BCUT2D eigenvalue weighted by Crippen LogP contribution is 2.20. The van der Waals surface area contributed by atoms with E-state index in [9.17, 15) is 4.79 Å². The fraction of sp³-hybridized carbons (Fsp3) is 0.118. The maximum atomic E-state index is 11.3. The minimum Gasteiger partial charge on any atom is -0.448 e. The van der Waals surface area contributed by atoms with Crippen molar-refractivity contribution < 1.29 is 9.53 Å². The van der Waals surface area contributed by atoms with Crippen LogP contribution in [0.2, 0.25) is 0 Å². The molecule has 0 fully saturated rings. The molecule has 0 saturated carbocycles. The summed E-state index contributed by atoms with van der Waals surface area (Å²) in [6.45, 7) is 2.04. The zero-order valence-electron chi connectivity index (χ0n) is 11.2. The van der Waals surface area contributed by atoms with Gasteiger partial charge in [-0.3, -0.25) is 0 Å². The molecule has 0 aliphatic heterocycles. The van der Waals surface area contributed by atoms with Crippen molar-refractivity contribution in [3.8, 4) is 0 Å².